The second-order valence-electron chi connectivity index (χ2n) is 8.12. The molecule has 4 N–H and O–H groups in total. The lowest BCUT2D eigenvalue weighted by molar-refractivity contribution is -0.139. The number of carbonyl (C=O) groups excluding carboxylic acids is 2. The van der Waals surface area contributed by atoms with Crippen LogP contribution in [0.3, 0.4) is 0 Å². The van der Waals surface area contributed by atoms with Crippen LogP contribution in [0.15, 0.2) is 77.1 Å². The van der Waals surface area contributed by atoms with Gasteiger partial charge in [-0.15, -0.1) is 0 Å². The Labute approximate surface area is 227 Å². The fraction of sp³-hybridized carbons (Fsp3) is 0.321. The molecular weight excluding hydrogens is 512 g/mol. The fourth-order valence-electron chi connectivity index (χ4n) is 3.89. The summed E-state index contributed by atoms with van der Waals surface area (Å²) in [5, 5.41) is 11.9. The first kappa shape index (κ1) is 30.6. The molecule has 0 aliphatic carbocycles. The van der Waals surface area contributed by atoms with Crippen molar-refractivity contribution in [3.8, 4) is 0 Å². The molecule has 0 aromatic heterocycles. The Morgan fingerprint density at radius 3 is 2.26 bits per heavy atom. The number of halogens is 1. The van der Waals surface area contributed by atoms with Crippen LogP contribution < -0.4 is 11.1 Å². The Bertz CT molecular complexity index is 1180. The van der Waals surface area contributed by atoms with Crippen molar-refractivity contribution in [3.63, 3.8) is 0 Å². The van der Waals surface area contributed by atoms with Crippen molar-refractivity contribution in [1.82, 2.24) is 5.32 Å². The predicted molar refractivity (Wildman–Crippen MR) is 143 cm³/mol. The maximum atomic E-state index is 12.9. The average molecular weight is 545 g/mol. The molecule has 0 saturated carbocycles. The highest BCUT2D eigenvalue weighted by Gasteiger charge is 2.39. The molecule has 0 amide bonds. The number of nitrogens with one attached hydrogen (secondary N) is 1. The number of esters is 2. The molecule has 2 aromatic carbocycles. The molecule has 1 aliphatic rings. The van der Waals surface area contributed by atoms with Gasteiger partial charge in [-0.1, -0.05) is 60.1 Å². The number of carboxylic acids is 1. The van der Waals surface area contributed by atoms with Gasteiger partial charge in [-0.3, -0.25) is 4.79 Å². The summed E-state index contributed by atoms with van der Waals surface area (Å²) in [6.45, 7) is 4.42. The highest BCUT2D eigenvalue weighted by atomic mass is 35.5. The molecule has 1 atom stereocenters. The van der Waals surface area contributed by atoms with Crippen LogP contribution in [0.4, 0.5) is 0 Å². The topological polar surface area (TPSA) is 137 Å². The third kappa shape index (κ3) is 8.44. The van der Waals surface area contributed by atoms with Gasteiger partial charge in [0.05, 0.1) is 56.1 Å². The largest absolute Gasteiger partial charge is 0.481 e. The third-order valence-electron chi connectivity index (χ3n) is 5.47. The van der Waals surface area contributed by atoms with Gasteiger partial charge in [0.1, 0.15) is 0 Å². The number of allylic oxidation sites excluding steroid dienone is 1. The van der Waals surface area contributed by atoms with E-state index in [4.69, 9.17) is 36.7 Å². The van der Waals surface area contributed by atoms with Gasteiger partial charge in [0.25, 0.3) is 0 Å². The maximum absolute atomic E-state index is 12.9. The van der Waals surface area contributed by atoms with Gasteiger partial charge in [0, 0.05) is 17.3 Å². The van der Waals surface area contributed by atoms with Gasteiger partial charge >= 0.3 is 17.9 Å². The van der Waals surface area contributed by atoms with Crippen LogP contribution in [0.1, 0.15) is 30.9 Å². The van der Waals surface area contributed by atoms with E-state index in [0.717, 1.165) is 5.56 Å². The highest BCUT2D eigenvalue weighted by Crippen LogP contribution is 2.41. The van der Waals surface area contributed by atoms with Gasteiger partial charge in [-0.05, 0) is 31.0 Å². The number of carbonyl (C=O) groups is 3. The number of carboxylic acid groups (broad SMARTS) is 1. The van der Waals surface area contributed by atoms with Crippen molar-refractivity contribution in [3.05, 3.63) is 93.3 Å². The minimum absolute atomic E-state index is 0.109. The standard InChI is InChI=1S/C20H25ClN2O5.C8H8O2/c1-4-28-20(25)18-15(11-27-10-9-22)23-12(2)16(19(24)26-3)17(18)13-7-5-6-8-14(13)21;9-8(10)6-7-4-2-1-3-5-7/h5-8,17,23H,4,9-11,22H2,1-3H3;1-5H,6H2,(H,9,10). The molecule has 0 fully saturated rings. The van der Waals surface area contributed by atoms with E-state index >= 15 is 0 Å². The summed E-state index contributed by atoms with van der Waals surface area (Å²) < 4.78 is 15.8. The average Bonchev–Trinajstić information content (AvgIpc) is 2.89. The Hall–Kier alpha value is -3.66. The number of ether oxygens (including phenoxy) is 3. The van der Waals surface area contributed by atoms with Crippen LogP contribution in [0.5, 0.6) is 0 Å². The first-order valence-corrected chi connectivity index (χ1v) is 12.4. The molecule has 10 heteroatoms. The molecule has 1 unspecified atom stereocenters. The zero-order valence-corrected chi connectivity index (χ0v) is 22.4. The smallest absolute Gasteiger partial charge is 0.336 e. The molecule has 9 nitrogen and oxygen atoms in total. The molecule has 0 bridgehead atoms. The monoisotopic (exact) mass is 544 g/mol. The molecule has 0 saturated heterocycles. The number of nitrogens with two attached hydrogens (primary N) is 1. The summed E-state index contributed by atoms with van der Waals surface area (Å²) in [5.74, 6) is -2.65. The van der Waals surface area contributed by atoms with Crippen LogP contribution in [0.2, 0.25) is 5.02 Å². The van der Waals surface area contributed by atoms with Crippen LogP contribution in [0.25, 0.3) is 0 Å². The van der Waals surface area contributed by atoms with Crippen molar-refractivity contribution >= 4 is 29.5 Å². The Balaban J connectivity index is 0.000000423. The van der Waals surface area contributed by atoms with Gasteiger partial charge < -0.3 is 30.4 Å². The van der Waals surface area contributed by atoms with Crippen LogP contribution in [0, 0.1) is 0 Å². The van der Waals surface area contributed by atoms with E-state index in [0.29, 0.717) is 40.7 Å². The number of rotatable bonds is 10. The Morgan fingerprint density at radius 1 is 1.03 bits per heavy atom. The summed E-state index contributed by atoms with van der Waals surface area (Å²) in [4.78, 5) is 35.6. The lowest BCUT2D eigenvalue weighted by atomic mass is 9.80. The second-order valence-corrected chi connectivity index (χ2v) is 8.53. The van der Waals surface area contributed by atoms with Crippen LogP contribution >= 0.6 is 11.6 Å². The summed E-state index contributed by atoms with van der Waals surface area (Å²) in [6, 6.07) is 16.2. The predicted octanol–water partition coefficient (Wildman–Crippen LogP) is 3.58. The first-order chi connectivity index (χ1) is 18.2. The van der Waals surface area contributed by atoms with Gasteiger partial charge in [-0.2, -0.15) is 0 Å². The summed E-state index contributed by atoms with van der Waals surface area (Å²) in [5.41, 5.74) is 8.54. The van der Waals surface area contributed by atoms with E-state index in [1.807, 2.05) is 18.2 Å². The molecule has 1 aliphatic heterocycles. The number of methoxy groups -OCH3 is 1. The molecule has 204 valence electrons. The second kappa shape index (κ2) is 15.6. The summed E-state index contributed by atoms with van der Waals surface area (Å²) >= 11 is 6.42. The van der Waals surface area contributed by atoms with Crippen molar-refractivity contribution in [2.75, 3.05) is 33.5 Å². The van der Waals surface area contributed by atoms with Crippen molar-refractivity contribution in [2.45, 2.75) is 26.2 Å². The van der Waals surface area contributed by atoms with E-state index in [-0.39, 0.29) is 25.2 Å². The van der Waals surface area contributed by atoms with Crippen molar-refractivity contribution < 1.29 is 33.7 Å². The quantitative estimate of drug-likeness (QED) is 0.302. The molecule has 0 spiro atoms. The van der Waals surface area contributed by atoms with E-state index in [1.165, 1.54) is 7.11 Å². The molecule has 38 heavy (non-hydrogen) atoms. The number of benzene rings is 2. The normalized spacial score (nSPS) is 14.7. The molecule has 1 heterocycles. The maximum Gasteiger partial charge on any atom is 0.336 e. The number of hydrogen-bond acceptors (Lipinski definition) is 8. The fourth-order valence-corrected chi connectivity index (χ4v) is 4.13. The van der Waals surface area contributed by atoms with Crippen molar-refractivity contribution in [1.29, 1.82) is 0 Å². The number of hydrogen-bond donors (Lipinski definition) is 3. The van der Waals surface area contributed by atoms with Crippen molar-refractivity contribution in [2.24, 2.45) is 5.73 Å². The van der Waals surface area contributed by atoms with Crippen LogP contribution in [-0.2, 0) is 35.0 Å². The minimum atomic E-state index is -0.786. The zero-order valence-electron chi connectivity index (χ0n) is 21.7. The van der Waals surface area contributed by atoms with E-state index in [1.54, 1.807) is 50.2 Å². The third-order valence-corrected chi connectivity index (χ3v) is 5.81. The lowest BCUT2D eigenvalue weighted by Gasteiger charge is -2.31. The molecule has 3 rings (SSSR count). The van der Waals surface area contributed by atoms with E-state index < -0.39 is 23.8 Å². The zero-order chi connectivity index (χ0) is 28.1. The minimum Gasteiger partial charge on any atom is -0.481 e. The molecular formula is C28H33ClN2O7. The summed E-state index contributed by atoms with van der Waals surface area (Å²) in [7, 11) is 1.29. The summed E-state index contributed by atoms with van der Waals surface area (Å²) in [6.07, 6.45) is 0.112. The number of aliphatic carboxylic acids is 1. The van der Waals surface area contributed by atoms with Crippen LogP contribution in [-0.4, -0.2) is 56.5 Å². The highest BCUT2D eigenvalue weighted by molar-refractivity contribution is 6.31. The van der Waals surface area contributed by atoms with E-state index in [9.17, 15) is 14.4 Å². The van der Waals surface area contributed by atoms with Gasteiger partial charge in [0.15, 0.2) is 0 Å². The van der Waals surface area contributed by atoms with Gasteiger partial charge in [-0.25, -0.2) is 9.59 Å². The molecule has 0 radical (unpaired) electrons. The molecule has 2 aromatic rings. The Kier molecular flexibility index (Phi) is 12.5. The SMILES string of the molecule is CCOC(=O)C1=C(COCCN)NC(C)=C(C(=O)OC)C1c1ccccc1Cl.O=C(O)Cc1ccccc1. The first-order valence-electron chi connectivity index (χ1n) is 12.0. The van der Waals surface area contributed by atoms with E-state index in [2.05, 4.69) is 5.32 Å². The number of dihydropyridines is 1. The Morgan fingerprint density at radius 2 is 1.68 bits per heavy atom. The van der Waals surface area contributed by atoms with Gasteiger partial charge in [0.2, 0.25) is 0 Å². The lowest BCUT2D eigenvalue weighted by Crippen LogP contribution is -2.35.